The van der Waals surface area contributed by atoms with Gasteiger partial charge >= 0.3 is 6.09 Å². The number of hydrogen-bond acceptors (Lipinski definition) is 3. The van der Waals surface area contributed by atoms with Gasteiger partial charge in [0, 0.05) is 19.6 Å². The third-order valence-electron chi connectivity index (χ3n) is 3.64. The summed E-state index contributed by atoms with van der Waals surface area (Å²) in [6.07, 6.45) is 7.01. The lowest BCUT2D eigenvalue weighted by molar-refractivity contribution is 0.165. The number of carbonyl (C=O) groups excluding carboxylic acids is 1. The summed E-state index contributed by atoms with van der Waals surface area (Å²) in [5.74, 6) is 3.18. The first-order valence-electron chi connectivity index (χ1n) is 6.88. The normalized spacial score (nSPS) is 15.6. The molecule has 1 N–H and O–H groups in total. The number of rotatable bonds is 4. The van der Waals surface area contributed by atoms with Gasteiger partial charge in [0.25, 0.3) is 0 Å². The van der Waals surface area contributed by atoms with E-state index in [4.69, 9.17) is 11.2 Å². The Kier molecular flexibility index (Phi) is 6.26. The first kappa shape index (κ1) is 17.1. The summed E-state index contributed by atoms with van der Waals surface area (Å²) in [6.45, 7) is 3.08. The molecular formula is C17H24N2O2. The second-order valence-corrected chi connectivity index (χ2v) is 4.92. The molecule has 1 aromatic carbocycles. The SMILES string of the molecule is C.C#CCN[C@@H]1CCc2ccc(OC(=O)N(C)CC)cc21. The van der Waals surface area contributed by atoms with E-state index in [1.165, 1.54) is 16.0 Å². The van der Waals surface area contributed by atoms with E-state index >= 15 is 0 Å². The maximum Gasteiger partial charge on any atom is 0.414 e. The number of carbonyl (C=O) groups is 1. The molecule has 21 heavy (non-hydrogen) atoms. The minimum absolute atomic E-state index is 0. The van der Waals surface area contributed by atoms with Gasteiger partial charge in [0.15, 0.2) is 0 Å². The van der Waals surface area contributed by atoms with Crippen molar-refractivity contribution in [3.8, 4) is 18.1 Å². The summed E-state index contributed by atoms with van der Waals surface area (Å²) in [4.78, 5) is 13.3. The highest BCUT2D eigenvalue weighted by molar-refractivity contribution is 5.70. The van der Waals surface area contributed by atoms with Gasteiger partial charge in [0.1, 0.15) is 5.75 Å². The molecule has 1 aliphatic rings. The van der Waals surface area contributed by atoms with Gasteiger partial charge in [-0.25, -0.2) is 4.79 Å². The van der Waals surface area contributed by atoms with Crippen molar-refractivity contribution in [2.75, 3.05) is 20.1 Å². The third kappa shape index (κ3) is 3.99. The van der Waals surface area contributed by atoms with E-state index < -0.39 is 0 Å². The molecule has 0 unspecified atom stereocenters. The van der Waals surface area contributed by atoms with E-state index in [-0.39, 0.29) is 19.6 Å². The van der Waals surface area contributed by atoms with Crippen molar-refractivity contribution >= 4 is 6.09 Å². The first-order chi connectivity index (χ1) is 9.65. The fourth-order valence-electron chi connectivity index (χ4n) is 2.35. The number of hydrogen-bond donors (Lipinski definition) is 1. The largest absolute Gasteiger partial charge is 0.414 e. The molecule has 2 rings (SSSR count). The van der Waals surface area contributed by atoms with Crippen molar-refractivity contribution in [2.45, 2.75) is 33.2 Å². The topological polar surface area (TPSA) is 41.6 Å². The van der Waals surface area contributed by atoms with Gasteiger partial charge in [0.2, 0.25) is 0 Å². The molecule has 1 atom stereocenters. The molecule has 0 radical (unpaired) electrons. The zero-order valence-electron chi connectivity index (χ0n) is 12.0. The van der Waals surface area contributed by atoms with Crippen LogP contribution in [0.25, 0.3) is 0 Å². The monoisotopic (exact) mass is 288 g/mol. The van der Waals surface area contributed by atoms with Crippen molar-refractivity contribution in [1.82, 2.24) is 10.2 Å². The smallest absolute Gasteiger partial charge is 0.410 e. The molecular weight excluding hydrogens is 264 g/mol. The Hall–Kier alpha value is -1.99. The lowest BCUT2D eigenvalue weighted by Crippen LogP contribution is -2.29. The van der Waals surface area contributed by atoms with Gasteiger partial charge in [-0.1, -0.05) is 19.4 Å². The van der Waals surface area contributed by atoms with Crippen LogP contribution in [0.4, 0.5) is 4.79 Å². The van der Waals surface area contributed by atoms with Crippen LogP contribution in [0.3, 0.4) is 0 Å². The van der Waals surface area contributed by atoms with Crippen molar-refractivity contribution in [3.63, 3.8) is 0 Å². The number of terminal acetylenes is 1. The van der Waals surface area contributed by atoms with Gasteiger partial charge in [-0.05, 0) is 43.0 Å². The molecule has 0 heterocycles. The van der Waals surface area contributed by atoms with Crippen LogP contribution < -0.4 is 10.1 Å². The maximum atomic E-state index is 11.8. The van der Waals surface area contributed by atoms with E-state index in [1.807, 2.05) is 25.1 Å². The average Bonchev–Trinajstić information content (AvgIpc) is 2.86. The number of fused-ring (bicyclic) bond motifs is 1. The van der Waals surface area contributed by atoms with Gasteiger partial charge in [0.05, 0.1) is 6.54 Å². The van der Waals surface area contributed by atoms with Gasteiger partial charge in [-0.15, -0.1) is 6.42 Å². The maximum absolute atomic E-state index is 11.8. The van der Waals surface area contributed by atoms with Crippen LogP contribution in [0.1, 0.15) is 37.9 Å². The Labute approximate surface area is 127 Å². The molecule has 0 aromatic heterocycles. The van der Waals surface area contributed by atoms with Gasteiger partial charge < -0.3 is 9.64 Å². The van der Waals surface area contributed by atoms with Gasteiger partial charge in [-0.2, -0.15) is 0 Å². The summed E-state index contributed by atoms with van der Waals surface area (Å²) < 4.78 is 5.36. The van der Waals surface area contributed by atoms with Crippen LogP contribution in [0, 0.1) is 12.3 Å². The Morgan fingerprint density at radius 2 is 2.33 bits per heavy atom. The zero-order chi connectivity index (χ0) is 14.5. The minimum Gasteiger partial charge on any atom is -0.410 e. The highest BCUT2D eigenvalue weighted by Crippen LogP contribution is 2.33. The Morgan fingerprint density at radius 3 is 3.00 bits per heavy atom. The number of nitrogens with zero attached hydrogens (tertiary/aromatic N) is 1. The van der Waals surface area contributed by atoms with Gasteiger partial charge in [-0.3, -0.25) is 5.32 Å². The standard InChI is InChI=1S/C16H20N2O2.CH4/c1-4-10-17-15-9-7-12-6-8-13(11-14(12)15)20-16(19)18(3)5-2;/h1,6,8,11,15,17H,5,7,9-10H2,2-3H3;1H4/t15-;/m1./s1. The second kappa shape index (κ2) is 7.70. The average molecular weight is 288 g/mol. The molecule has 1 aliphatic carbocycles. The number of ether oxygens (including phenoxy) is 1. The fraction of sp³-hybridized carbons (Fsp3) is 0.471. The predicted octanol–water partition coefficient (Wildman–Crippen LogP) is 2.98. The van der Waals surface area contributed by atoms with Crippen LogP contribution in [0.5, 0.6) is 5.75 Å². The number of amides is 1. The van der Waals surface area contributed by atoms with Crippen molar-refractivity contribution in [3.05, 3.63) is 29.3 Å². The summed E-state index contributed by atoms with van der Waals surface area (Å²) in [5.41, 5.74) is 2.48. The molecule has 114 valence electrons. The van der Waals surface area contributed by atoms with E-state index in [9.17, 15) is 4.79 Å². The van der Waals surface area contributed by atoms with Crippen molar-refractivity contribution in [2.24, 2.45) is 0 Å². The molecule has 0 saturated carbocycles. The highest BCUT2D eigenvalue weighted by atomic mass is 16.6. The number of benzene rings is 1. The van der Waals surface area contributed by atoms with Crippen molar-refractivity contribution in [1.29, 1.82) is 0 Å². The zero-order valence-corrected chi connectivity index (χ0v) is 12.0. The van der Waals surface area contributed by atoms with Crippen LogP contribution in [-0.4, -0.2) is 31.1 Å². The Bertz CT molecular complexity index is 534. The third-order valence-corrected chi connectivity index (χ3v) is 3.64. The fourth-order valence-corrected chi connectivity index (χ4v) is 2.35. The summed E-state index contributed by atoms with van der Waals surface area (Å²) in [7, 11) is 1.72. The highest BCUT2D eigenvalue weighted by Gasteiger charge is 2.22. The molecule has 1 amide bonds. The number of nitrogens with one attached hydrogen (secondary N) is 1. The van der Waals surface area contributed by atoms with E-state index in [1.54, 1.807) is 7.05 Å². The number of aryl methyl sites for hydroxylation is 1. The second-order valence-electron chi connectivity index (χ2n) is 4.92. The molecule has 4 heteroatoms. The quantitative estimate of drug-likeness (QED) is 0.866. The molecule has 0 saturated heterocycles. The molecule has 4 nitrogen and oxygen atoms in total. The van der Waals surface area contributed by atoms with Crippen LogP contribution >= 0.6 is 0 Å². The molecule has 0 spiro atoms. The predicted molar refractivity (Wildman–Crippen MR) is 85.4 cm³/mol. The molecule has 0 aliphatic heterocycles. The van der Waals surface area contributed by atoms with Crippen molar-refractivity contribution < 1.29 is 9.53 Å². The van der Waals surface area contributed by atoms with Crippen LogP contribution in [-0.2, 0) is 6.42 Å². The lowest BCUT2D eigenvalue weighted by Gasteiger charge is -2.16. The van der Waals surface area contributed by atoms with Crippen LogP contribution in [0.15, 0.2) is 18.2 Å². The van der Waals surface area contributed by atoms with Crippen LogP contribution in [0.2, 0.25) is 0 Å². The summed E-state index contributed by atoms with van der Waals surface area (Å²) in [6, 6.07) is 6.08. The Balaban J connectivity index is 0.00000220. The molecule has 0 bridgehead atoms. The molecule has 0 fully saturated rings. The molecule has 1 aromatic rings. The minimum atomic E-state index is -0.335. The summed E-state index contributed by atoms with van der Waals surface area (Å²) in [5, 5.41) is 3.31. The van der Waals surface area contributed by atoms with E-state index in [2.05, 4.69) is 11.2 Å². The summed E-state index contributed by atoms with van der Waals surface area (Å²) >= 11 is 0. The van der Waals surface area contributed by atoms with E-state index in [0.29, 0.717) is 18.8 Å². The first-order valence-corrected chi connectivity index (χ1v) is 6.88. The lowest BCUT2D eigenvalue weighted by atomic mass is 10.1. The Morgan fingerprint density at radius 1 is 1.57 bits per heavy atom. The van der Waals surface area contributed by atoms with E-state index in [0.717, 1.165) is 12.8 Å².